The fraction of sp³-hybridized carbons (Fsp3) is 0.160. The van der Waals surface area contributed by atoms with Crippen molar-refractivity contribution in [2.24, 2.45) is 0 Å². The van der Waals surface area contributed by atoms with Crippen molar-refractivity contribution < 1.29 is 43.2 Å². The lowest BCUT2D eigenvalue weighted by Crippen LogP contribution is -2.24. The summed E-state index contributed by atoms with van der Waals surface area (Å²) in [5.74, 6) is -5.50. The van der Waals surface area contributed by atoms with Crippen LogP contribution in [0, 0.1) is 5.82 Å². The first kappa shape index (κ1) is 23.6. The van der Waals surface area contributed by atoms with Gasteiger partial charge in [0.1, 0.15) is 17.2 Å². The molecule has 3 aromatic rings. The summed E-state index contributed by atoms with van der Waals surface area (Å²) in [6, 6.07) is 8.19. The number of phenols is 2. The predicted octanol–water partition coefficient (Wildman–Crippen LogP) is 3.95. The Morgan fingerprint density at radius 2 is 1.51 bits per heavy atom. The Bertz CT molecular complexity index is 1400. The number of aromatic hydroxyl groups is 2. The summed E-state index contributed by atoms with van der Waals surface area (Å²) in [6.45, 7) is 1.84. The van der Waals surface area contributed by atoms with Crippen LogP contribution in [-0.2, 0) is 4.74 Å². The lowest BCUT2D eigenvalue weighted by atomic mass is 9.81. The van der Waals surface area contributed by atoms with Crippen LogP contribution < -0.4 is 14.8 Å². The van der Waals surface area contributed by atoms with Crippen molar-refractivity contribution in [2.45, 2.75) is 6.92 Å². The number of benzene rings is 3. The first-order chi connectivity index (χ1) is 16.7. The lowest BCUT2D eigenvalue weighted by molar-refractivity contribution is 0.0526. The Labute approximate surface area is 198 Å². The third-order valence-corrected chi connectivity index (χ3v) is 5.47. The molecular formula is C25H20FNO8. The summed E-state index contributed by atoms with van der Waals surface area (Å²) >= 11 is 0. The Morgan fingerprint density at radius 3 is 2.09 bits per heavy atom. The van der Waals surface area contributed by atoms with E-state index in [0.29, 0.717) is 5.69 Å². The highest BCUT2D eigenvalue weighted by Gasteiger charge is 2.42. The second-order valence-corrected chi connectivity index (χ2v) is 7.44. The summed E-state index contributed by atoms with van der Waals surface area (Å²) in [5.41, 5.74) is -1.71. The van der Waals surface area contributed by atoms with Gasteiger partial charge in [0.15, 0.2) is 17.3 Å². The van der Waals surface area contributed by atoms with Gasteiger partial charge in [0.2, 0.25) is 11.6 Å². The molecule has 0 unspecified atom stereocenters. The molecule has 0 fully saturated rings. The standard InChI is InChI=1S/C25H20FNO8/c1-4-35-25(32)11-6-5-7-12(10-11)27-20-23(33-2)18-17(19(26)24(20)34-3)21(30)15-13(28)8-9-14(29)16(15)22(18)31/h5-10,27-29H,4H2,1-3H3. The normalized spacial score (nSPS) is 12.0. The lowest BCUT2D eigenvalue weighted by Gasteiger charge is -2.25. The molecule has 3 aromatic carbocycles. The van der Waals surface area contributed by atoms with Gasteiger partial charge in [0, 0.05) is 5.69 Å². The third-order valence-electron chi connectivity index (χ3n) is 5.47. The van der Waals surface area contributed by atoms with Gasteiger partial charge < -0.3 is 29.7 Å². The van der Waals surface area contributed by atoms with Gasteiger partial charge in [-0.1, -0.05) is 6.07 Å². The molecule has 0 saturated carbocycles. The van der Waals surface area contributed by atoms with Crippen molar-refractivity contribution in [3.63, 3.8) is 0 Å². The molecule has 0 spiro atoms. The number of phenolic OH excluding ortho intramolecular Hbond substituents is 2. The van der Waals surface area contributed by atoms with Crippen LogP contribution in [0.15, 0.2) is 36.4 Å². The minimum absolute atomic E-state index is 0.128. The molecule has 0 aliphatic heterocycles. The van der Waals surface area contributed by atoms with E-state index in [0.717, 1.165) is 19.2 Å². The molecule has 4 rings (SSSR count). The van der Waals surface area contributed by atoms with Crippen LogP contribution in [0.2, 0.25) is 0 Å². The number of hydrogen-bond acceptors (Lipinski definition) is 9. The number of anilines is 2. The largest absolute Gasteiger partial charge is 0.507 e. The first-order valence-electron chi connectivity index (χ1n) is 10.4. The zero-order valence-corrected chi connectivity index (χ0v) is 18.9. The van der Waals surface area contributed by atoms with Crippen molar-refractivity contribution in [1.29, 1.82) is 0 Å². The van der Waals surface area contributed by atoms with Crippen molar-refractivity contribution in [3.8, 4) is 23.0 Å². The Hall–Kier alpha value is -4.60. The number of carbonyl (C=O) groups excluding carboxylic acids is 3. The second-order valence-electron chi connectivity index (χ2n) is 7.44. The number of rotatable bonds is 6. The van der Waals surface area contributed by atoms with Gasteiger partial charge in [-0.25, -0.2) is 9.18 Å². The number of hydrogen-bond donors (Lipinski definition) is 3. The maximum absolute atomic E-state index is 15.7. The average Bonchev–Trinajstić information content (AvgIpc) is 2.84. The van der Waals surface area contributed by atoms with E-state index < -0.39 is 62.9 Å². The van der Waals surface area contributed by atoms with E-state index in [1.165, 1.54) is 19.2 Å². The van der Waals surface area contributed by atoms with E-state index in [4.69, 9.17) is 14.2 Å². The van der Waals surface area contributed by atoms with Gasteiger partial charge in [-0.15, -0.1) is 0 Å². The highest BCUT2D eigenvalue weighted by atomic mass is 19.1. The van der Waals surface area contributed by atoms with E-state index >= 15 is 4.39 Å². The number of fused-ring (bicyclic) bond motifs is 2. The maximum Gasteiger partial charge on any atom is 0.338 e. The first-order valence-corrected chi connectivity index (χ1v) is 10.4. The SMILES string of the molecule is CCOC(=O)c1cccc(Nc2c(OC)c(F)c3c(c2OC)C(=O)c2c(O)ccc(O)c2C3=O)c1. The van der Waals surface area contributed by atoms with E-state index in [1.54, 1.807) is 19.1 Å². The van der Waals surface area contributed by atoms with E-state index in [-0.39, 0.29) is 23.6 Å². The second kappa shape index (κ2) is 8.98. The van der Waals surface area contributed by atoms with E-state index in [9.17, 15) is 24.6 Å². The molecule has 0 amide bonds. The molecular weight excluding hydrogens is 461 g/mol. The van der Waals surface area contributed by atoms with E-state index in [2.05, 4.69) is 5.32 Å². The molecule has 180 valence electrons. The zero-order chi connectivity index (χ0) is 25.4. The monoisotopic (exact) mass is 481 g/mol. The fourth-order valence-corrected chi connectivity index (χ4v) is 3.99. The molecule has 0 aromatic heterocycles. The van der Waals surface area contributed by atoms with Crippen LogP contribution in [0.4, 0.5) is 15.8 Å². The summed E-state index contributed by atoms with van der Waals surface area (Å²) < 4.78 is 31.3. The molecule has 1 aliphatic carbocycles. The van der Waals surface area contributed by atoms with Crippen LogP contribution >= 0.6 is 0 Å². The summed E-state index contributed by atoms with van der Waals surface area (Å²) in [4.78, 5) is 38.7. The van der Waals surface area contributed by atoms with Gasteiger partial charge in [-0.3, -0.25) is 9.59 Å². The highest BCUT2D eigenvalue weighted by Crippen LogP contribution is 2.49. The van der Waals surface area contributed by atoms with Crippen LogP contribution in [-0.4, -0.2) is 48.6 Å². The predicted molar refractivity (Wildman–Crippen MR) is 122 cm³/mol. The fourth-order valence-electron chi connectivity index (χ4n) is 3.99. The van der Waals surface area contributed by atoms with Gasteiger partial charge in [-0.2, -0.15) is 0 Å². The Balaban J connectivity index is 1.94. The quantitative estimate of drug-likeness (QED) is 0.277. The highest BCUT2D eigenvalue weighted by molar-refractivity contribution is 6.32. The summed E-state index contributed by atoms with van der Waals surface area (Å²) in [7, 11) is 2.37. The van der Waals surface area contributed by atoms with Crippen LogP contribution in [0.3, 0.4) is 0 Å². The zero-order valence-electron chi connectivity index (χ0n) is 18.9. The van der Waals surface area contributed by atoms with Gasteiger partial charge >= 0.3 is 5.97 Å². The van der Waals surface area contributed by atoms with Crippen LogP contribution in [0.5, 0.6) is 23.0 Å². The molecule has 1 aliphatic rings. The molecule has 10 heteroatoms. The smallest absolute Gasteiger partial charge is 0.338 e. The molecule has 0 bridgehead atoms. The van der Waals surface area contributed by atoms with Crippen molar-refractivity contribution >= 4 is 28.9 Å². The van der Waals surface area contributed by atoms with Gasteiger partial charge in [0.25, 0.3) is 0 Å². The minimum atomic E-state index is -1.17. The molecule has 0 atom stereocenters. The molecule has 0 saturated heterocycles. The number of halogens is 1. The molecule has 3 N–H and O–H groups in total. The molecule has 0 radical (unpaired) electrons. The Morgan fingerprint density at radius 1 is 0.914 bits per heavy atom. The van der Waals surface area contributed by atoms with Crippen molar-refractivity contribution in [3.05, 3.63) is 70.0 Å². The third kappa shape index (κ3) is 3.68. The topological polar surface area (TPSA) is 131 Å². The van der Waals surface area contributed by atoms with Crippen LogP contribution in [0.25, 0.3) is 0 Å². The average molecular weight is 481 g/mol. The number of nitrogens with one attached hydrogen (secondary N) is 1. The Kier molecular flexibility index (Phi) is 6.04. The summed E-state index contributed by atoms with van der Waals surface area (Å²) in [5, 5.41) is 23.3. The molecule has 9 nitrogen and oxygen atoms in total. The minimum Gasteiger partial charge on any atom is -0.507 e. The number of esters is 1. The van der Waals surface area contributed by atoms with Crippen LogP contribution in [0.1, 0.15) is 49.1 Å². The van der Waals surface area contributed by atoms with Crippen molar-refractivity contribution in [2.75, 3.05) is 26.1 Å². The van der Waals surface area contributed by atoms with Gasteiger partial charge in [0.05, 0.1) is 48.6 Å². The number of methoxy groups -OCH3 is 2. The molecule has 0 heterocycles. The van der Waals surface area contributed by atoms with E-state index in [1.807, 2.05) is 0 Å². The number of ketones is 2. The summed E-state index contributed by atoms with van der Waals surface area (Å²) in [6.07, 6.45) is 0. The number of ether oxygens (including phenoxy) is 3. The number of carbonyl (C=O) groups is 3. The van der Waals surface area contributed by atoms with Crippen molar-refractivity contribution in [1.82, 2.24) is 0 Å². The maximum atomic E-state index is 15.7. The molecule has 35 heavy (non-hydrogen) atoms. The van der Waals surface area contributed by atoms with Gasteiger partial charge in [-0.05, 0) is 37.3 Å².